The summed E-state index contributed by atoms with van der Waals surface area (Å²) in [7, 11) is 1.90. The van der Waals surface area contributed by atoms with Crippen molar-refractivity contribution in [2.24, 2.45) is 0 Å². The molecule has 2 aromatic carbocycles. The van der Waals surface area contributed by atoms with Crippen LogP contribution in [-0.2, 0) is 4.79 Å². The van der Waals surface area contributed by atoms with Gasteiger partial charge in [-0.05, 0) is 55.5 Å². The third-order valence-electron chi connectivity index (χ3n) is 4.01. The van der Waals surface area contributed by atoms with E-state index in [0.717, 1.165) is 21.9 Å². The number of carbonyl (C=O) groups excluding carboxylic acids is 1. The third kappa shape index (κ3) is 3.96. The molecule has 0 aliphatic heterocycles. The van der Waals surface area contributed by atoms with E-state index in [1.165, 1.54) is 15.2 Å². The van der Waals surface area contributed by atoms with E-state index in [9.17, 15) is 4.79 Å². The fourth-order valence-corrected chi connectivity index (χ4v) is 4.05. The minimum absolute atomic E-state index is 0.0490. The van der Waals surface area contributed by atoms with Gasteiger partial charge < -0.3 is 10.2 Å². The number of nitrogens with zero attached hydrogens (tertiary/aromatic N) is 2. The van der Waals surface area contributed by atoms with Gasteiger partial charge in [0.15, 0.2) is 5.13 Å². The highest BCUT2D eigenvalue weighted by molar-refractivity contribution is 7.98. The number of hydrogen-bond acceptors (Lipinski definition) is 5. The first-order valence-electron chi connectivity index (χ1n) is 7.99. The molecular weight excluding hydrogens is 350 g/mol. The predicted octanol–water partition coefficient (Wildman–Crippen LogP) is 4.71. The number of aryl methyl sites for hydroxylation is 2. The summed E-state index contributed by atoms with van der Waals surface area (Å²) in [6.45, 7) is 4.42. The van der Waals surface area contributed by atoms with Crippen molar-refractivity contribution >= 4 is 50.0 Å². The Labute approximate surface area is 156 Å². The molecule has 1 aromatic heterocycles. The van der Waals surface area contributed by atoms with Crippen LogP contribution >= 0.6 is 23.1 Å². The Morgan fingerprint density at radius 3 is 2.48 bits per heavy atom. The Hall–Kier alpha value is -2.05. The number of thioether (sulfide) groups is 1. The molecule has 1 N–H and O–H groups in total. The minimum atomic E-state index is -0.0490. The second-order valence-electron chi connectivity index (χ2n) is 6.01. The molecule has 0 saturated carbocycles. The van der Waals surface area contributed by atoms with Crippen molar-refractivity contribution in [3.05, 3.63) is 47.5 Å². The minimum Gasteiger partial charge on any atom is -0.342 e. The zero-order valence-electron chi connectivity index (χ0n) is 14.8. The van der Waals surface area contributed by atoms with E-state index in [2.05, 4.69) is 31.3 Å². The molecule has 0 atom stereocenters. The van der Waals surface area contributed by atoms with Crippen molar-refractivity contribution in [3.63, 3.8) is 0 Å². The van der Waals surface area contributed by atoms with Crippen LogP contribution in [-0.4, -0.2) is 30.7 Å². The SMILES string of the molecule is CSc1ccc(NC(=O)CN(C)c2nc3c(C)ccc(C)c3s2)cc1. The van der Waals surface area contributed by atoms with Gasteiger partial charge in [0.1, 0.15) is 0 Å². The Morgan fingerprint density at radius 1 is 1.16 bits per heavy atom. The number of hydrogen-bond donors (Lipinski definition) is 1. The van der Waals surface area contributed by atoms with Crippen LogP contribution in [0.15, 0.2) is 41.3 Å². The zero-order chi connectivity index (χ0) is 18.0. The molecule has 0 fully saturated rings. The molecule has 3 aromatic rings. The lowest BCUT2D eigenvalue weighted by atomic mass is 10.1. The standard InChI is InChI=1S/C19H21N3OS2/c1-12-5-6-13(2)18-17(12)21-19(25-18)22(3)11-16(23)20-14-7-9-15(24-4)10-8-14/h5-10H,11H2,1-4H3,(H,20,23). The molecule has 3 rings (SSSR count). The van der Waals surface area contributed by atoms with E-state index >= 15 is 0 Å². The van der Waals surface area contributed by atoms with Gasteiger partial charge >= 0.3 is 0 Å². The lowest BCUT2D eigenvalue weighted by Gasteiger charge is -2.15. The first-order valence-corrected chi connectivity index (χ1v) is 10.0. The number of amides is 1. The van der Waals surface area contributed by atoms with E-state index in [1.807, 2.05) is 42.5 Å². The van der Waals surface area contributed by atoms with Crippen molar-refractivity contribution in [2.45, 2.75) is 18.7 Å². The van der Waals surface area contributed by atoms with Gasteiger partial charge in [-0.25, -0.2) is 4.98 Å². The van der Waals surface area contributed by atoms with Crippen molar-refractivity contribution in [1.82, 2.24) is 4.98 Å². The second kappa shape index (κ2) is 7.45. The smallest absolute Gasteiger partial charge is 0.243 e. The maximum absolute atomic E-state index is 12.3. The molecule has 0 radical (unpaired) electrons. The predicted molar refractivity (Wildman–Crippen MR) is 109 cm³/mol. The van der Waals surface area contributed by atoms with E-state index in [-0.39, 0.29) is 12.5 Å². The van der Waals surface area contributed by atoms with Crippen molar-refractivity contribution in [2.75, 3.05) is 30.1 Å². The highest BCUT2D eigenvalue weighted by Gasteiger charge is 2.14. The highest BCUT2D eigenvalue weighted by atomic mass is 32.2. The van der Waals surface area contributed by atoms with Crippen LogP contribution in [0.5, 0.6) is 0 Å². The van der Waals surface area contributed by atoms with Gasteiger partial charge in [-0.2, -0.15) is 0 Å². The largest absolute Gasteiger partial charge is 0.342 e. The normalized spacial score (nSPS) is 10.9. The van der Waals surface area contributed by atoms with E-state index in [0.29, 0.717) is 0 Å². The van der Waals surface area contributed by atoms with Crippen LogP contribution in [0.2, 0.25) is 0 Å². The number of nitrogens with one attached hydrogen (secondary N) is 1. The molecule has 0 aliphatic carbocycles. The second-order valence-corrected chi connectivity index (χ2v) is 7.86. The molecule has 25 heavy (non-hydrogen) atoms. The zero-order valence-corrected chi connectivity index (χ0v) is 16.4. The Bertz CT molecular complexity index is 864. The van der Waals surface area contributed by atoms with E-state index < -0.39 is 0 Å². The van der Waals surface area contributed by atoms with E-state index in [1.54, 1.807) is 23.1 Å². The van der Waals surface area contributed by atoms with Gasteiger partial charge in [0.2, 0.25) is 5.91 Å². The number of aromatic nitrogens is 1. The summed E-state index contributed by atoms with van der Waals surface area (Å²) < 4.78 is 1.19. The van der Waals surface area contributed by atoms with Crippen molar-refractivity contribution in [1.29, 1.82) is 0 Å². The summed E-state index contributed by atoms with van der Waals surface area (Å²) in [6, 6.07) is 12.1. The summed E-state index contributed by atoms with van der Waals surface area (Å²) in [5, 5.41) is 3.80. The number of benzene rings is 2. The fraction of sp³-hybridized carbons (Fsp3) is 0.263. The number of carbonyl (C=O) groups is 1. The topological polar surface area (TPSA) is 45.2 Å². The van der Waals surface area contributed by atoms with Crippen molar-refractivity contribution in [3.8, 4) is 0 Å². The molecule has 0 spiro atoms. The Morgan fingerprint density at radius 2 is 1.84 bits per heavy atom. The molecule has 1 heterocycles. The van der Waals surface area contributed by atoms with Gasteiger partial charge in [0.25, 0.3) is 0 Å². The average molecular weight is 372 g/mol. The van der Waals surface area contributed by atoms with E-state index in [4.69, 9.17) is 4.98 Å². The third-order valence-corrected chi connectivity index (χ3v) is 6.06. The number of likely N-dealkylation sites (N-methyl/N-ethyl adjacent to an activating group) is 1. The first-order chi connectivity index (χ1) is 12.0. The first kappa shape index (κ1) is 17.8. The molecule has 4 nitrogen and oxygen atoms in total. The summed E-state index contributed by atoms with van der Waals surface area (Å²) >= 11 is 3.31. The lowest BCUT2D eigenvalue weighted by Crippen LogP contribution is -2.29. The lowest BCUT2D eigenvalue weighted by molar-refractivity contribution is -0.114. The highest BCUT2D eigenvalue weighted by Crippen LogP contribution is 2.32. The molecule has 0 aliphatic rings. The number of fused-ring (bicyclic) bond motifs is 1. The molecule has 6 heteroatoms. The van der Waals surface area contributed by atoms with Crippen LogP contribution in [0.1, 0.15) is 11.1 Å². The van der Waals surface area contributed by atoms with Gasteiger partial charge in [0.05, 0.1) is 16.8 Å². The fourth-order valence-electron chi connectivity index (χ4n) is 2.57. The summed E-state index contributed by atoms with van der Waals surface area (Å²) in [5.74, 6) is -0.0490. The van der Waals surface area contributed by atoms with Crippen LogP contribution in [0, 0.1) is 13.8 Å². The molecule has 0 unspecified atom stereocenters. The van der Waals surface area contributed by atoms with Crippen LogP contribution in [0.3, 0.4) is 0 Å². The Balaban J connectivity index is 1.70. The summed E-state index contributed by atoms with van der Waals surface area (Å²) in [5.41, 5.74) is 4.22. The van der Waals surface area contributed by atoms with Gasteiger partial charge in [-0.1, -0.05) is 23.5 Å². The van der Waals surface area contributed by atoms with Crippen LogP contribution in [0.4, 0.5) is 10.8 Å². The maximum Gasteiger partial charge on any atom is 0.243 e. The summed E-state index contributed by atoms with van der Waals surface area (Å²) in [6.07, 6.45) is 2.03. The molecule has 1 amide bonds. The maximum atomic E-state index is 12.3. The molecule has 0 bridgehead atoms. The van der Waals surface area contributed by atoms with Crippen LogP contribution in [0.25, 0.3) is 10.2 Å². The number of thiazole rings is 1. The monoisotopic (exact) mass is 371 g/mol. The van der Waals surface area contributed by atoms with Crippen LogP contribution < -0.4 is 10.2 Å². The van der Waals surface area contributed by atoms with Gasteiger partial charge in [-0.15, -0.1) is 11.8 Å². The molecule has 130 valence electrons. The Kier molecular flexibility index (Phi) is 5.30. The number of anilines is 2. The molecule has 0 saturated heterocycles. The number of rotatable bonds is 5. The van der Waals surface area contributed by atoms with Gasteiger partial charge in [-0.3, -0.25) is 4.79 Å². The summed E-state index contributed by atoms with van der Waals surface area (Å²) in [4.78, 5) is 20.1. The van der Waals surface area contributed by atoms with Crippen molar-refractivity contribution < 1.29 is 4.79 Å². The average Bonchev–Trinajstić information content (AvgIpc) is 3.06. The van der Waals surface area contributed by atoms with Gasteiger partial charge in [0, 0.05) is 17.6 Å². The quantitative estimate of drug-likeness (QED) is 0.660. The molecular formula is C19H21N3OS2.